The molecule has 0 aliphatic heterocycles. The van der Waals surface area contributed by atoms with Crippen LogP contribution in [-0.4, -0.2) is 51.4 Å². The van der Waals surface area contributed by atoms with Gasteiger partial charge in [-0.15, -0.1) is 0 Å². The largest absolute Gasteiger partial charge is 0.497 e. The molecule has 0 saturated carbocycles. The zero-order valence-electron chi connectivity index (χ0n) is 26.0. The maximum absolute atomic E-state index is 14.5. The van der Waals surface area contributed by atoms with Crippen molar-refractivity contribution in [3.05, 3.63) is 124 Å². The summed E-state index contributed by atoms with van der Waals surface area (Å²) in [5.74, 6) is -1.21. The number of sulfonamides is 1. The van der Waals surface area contributed by atoms with Gasteiger partial charge in [0, 0.05) is 29.6 Å². The van der Waals surface area contributed by atoms with Crippen molar-refractivity contribution in [2.24, 2.45) is 0 Å². The Morgan fingerprint density at radius 1 is 0.936 bits per heavy atom. The molecule has 0 heterocycles. The second-order valence-corrected chi connectivity index (χ2v) is 13.5. The van der Waals surface area contributed by atoms with Gasteiger partial charge in [-0.25, -0.2) is 12.8 Å². The molecule has 2 amide bonds. The fourth-order valence-corrected chi connectivity index (χ4v) is 6.79. The van der Waals surface area contributed by atoms with Crippen LogP contribution < -0.4 is 14.4 Å². The van der Waals surface area contributed by atoms with Crippen molar-refractivity contribution in [3.8, 4) is 5.75 Å². The van der Waals surface area contributed by atoms with Crippen LogP contribution in [0.15, 0.2) is 102 Å². The Bertz CT molecular complexity index is 1760. The first-order valence-corrected chi connectivity index (χ1v) is 17.2. The van der Waals surface area contributed by atoms with Crippen LogP contribution in [0.1, 0.15) is 30.9 Å². The molecule has 8 nitrogen and oxygen atoms in total. The predicted octanol–water partition coefficient (Wildman–Crippen LogP) is 6.89. The van der Waals surface area contributed by atoms with Crippen LogP contribution in [0.3, 0.4) is 0 Å². The minimum absolute atomic E-state index is 0.0621. The van der Waals surface area contributed by atoms with Crippen LogP contribution >= 0.6 is 23.2 Å². The van der Waals surface area contributed by atoms with Crippen LogP contribution in [-0.2, 0) is 32.6 Å². The molecule has 47 heavy (non-hydrogen) atoms. The second-order valence-electron chi connectivity index (χ2n) is 10.8. The average molecular weight is 701 g/mol. The molecule has 0 saturated heterocycles. The van der Waals surface area contributed by atoms with Gasteiger partial charge in [-0.1, -0.05) is 72.9 Å². The highest BCUT2D eigenvalue weighted by Crippen LogP contribution is 2.28. The number of rotatable bonds is 15. The van der Waals surface area contributed by atoms with E-state index < -0.39 is 40.2 Å². The first-order chi connectivity index (χ1) is 22.5. The smallest absolute Gasteiger partial charge is 0.264 e. The summed E-state index contributed by atoms with van der Waals surface area (Å²) in [6, 6.07) is 23.5. The molecule has 1 atom stereocenters. The monoisotopic (exact) mass is 699 g/mol. The molecule has 0 fully saturated rings. The zero-order chi connectivity index (χ0) is 34.0. The van der Waals surface area contributed by atoms with Crippen molar-refractivity contribution in [1.82, 2.24) is 10.2 Å². The molecule has 0 aliphatic rings. The van der Waals surface area contributed by atoms with E-state index in [0.29, 0.717) is 22.9 Å². The zero-order valence-corrected chi connectivity index (χ0v) is 28.4. The number of halogens is 3. The van der Waals surface area contributed by atoms with Gasteiger partial charge >= 0.3 is 0 Å². The highest BCUT2D eigenvalue weighted by molar-refractivity contribution is 7.92. The van der Waals surface area contributed by atoms with E-state index in [1.807, 2.05) is 37.3 Å². The topological polar surface area (TPSA) is 96.0 Å². The fourth-order valence-electron chi connectivity index (χ4n) is 4.90. The Morgan fingerprint density at radius 2 is 1.62 bits per heavy atom. The summed E-state index contributed by atoms with van der Waals surface area (Å²) >= 11 is 12.7. The summed E-state index contributed by atoms with van der Waals surface area (Å²) in [5.41, 5.74) is 1.37. The molecule has 1 N–H and O–H groups in total. The lowest BCUT2D eigenvalue weighted by Gasteiger charge is -2.34. The second kappa shape index (κ2) is 16.6. The normalized spacial score (nSPS) is 11.9. The molecular weight excluding hydrogens is 664 g/mol. The Labute approximate surface area is 285 Å². The minimum Gasteiger partial charge on any atom is -0.497 e. The SMILES string of the molecule is CCCCNC(=O)[C@H](Cc1ccccc1)N(Cc1ccc(Cl)cc1Cl)C(=O)CN(c1ccc(F)cc1)S(=O)(=O)c1ccc(OC)cc1. The maximum Gasteiger partial charge on any atom is 0.264 e. The molecule has 0 radical (unpaired) electrons. The van der Waals surface area contributed by atoms with Crippen LogP contribution in [0.2, 0.25) is 10.0 Å². The first-order valence-electron chi connectivity index (χ1n) is 15.0. The first kappa shape index (κ1) is 35.7. The van der Waals surface area contributed by atoms with Crippen molar-refractivity contribution in [3.63, 3.8) is 0 Å². The number of methoxy groups -OCH3 is 1. The number of anilines is 1. The number of hydrogen-bond acceptors (Lipinski definition) is 5. The van der Waals surface area contributed by atoms with Crippen LogP contribution in [0.25, 0.3) is 0 Å². The van der Waals surface area contributed by atoms with Gasteiger partial charge in [-0.3, -0.25) is 13.9 Å². The number of carbonyl (C=O) groups is 2. The van der Waals surface area contributed by atoms with Gasteiger partial charge in [0.25, 0.3) is 10.0 Å². The van der Waals surface area contributed by atoms with Gasteiger partial charge in [0.05, 0.1) is 17.7 Å². The molecule has 4 aromatic rings. The average Bonchev–Trinajstić information content (AvgIpc) is 3.07. The predicted molar refractivity (Wildman–Crippen MR) is 183 cm³/mol. The lowest BCUT2D eigenvalue weighted by Crippen LogP contribution is -2.53. The standard InChI is InChI=1S/C35H36Cl2FN3O5S/c1-3-4-20-39-35(43)33(21-25-8-6-5-7-9-25)40(23-26-10-11-27(36)22-32(26)37)34(42)24-41(29-14-12-28(38)13-15-29)47(44,45)31-18-16-30(46-2)17-19-31/h5-19,22,33H,3-4,20-21,23-24H2,1-2H3,(H,39,43)/t33-/m0/s1. The third-order valence-electron chi connectivity index (χ3n) is 7.50. The van der Waals surface area contributed by atoms with Gasteiger partial charge in [0.15, 0.2) is 0 Å². The number of carbonyl (C=O) groups excluding carboxylic acids is 2. The highest BCUT2D eigenvalue weighted by Gasteiger charge is 2.35. The van der Waals surface area contributed by atoms with Gasteiger partial charge < -0.3 is 15.0 Å². The van der Waals surface area contributed by atoms with Crippen LogP contribution in [0, 0.1) is 5.82 Å². The van der Waals surface area contributed by atoms with E-state index in [4.69, 9.17) is 27.9 Å². The van der Waals surface area contributed by atoms with Gasteiger partial charge in [0.1, 0.15) is 24.2 Å². The summed E-state index contributed by atoms with van der Waals surface area (Å²) in [4.78, 5) is 29.5. The van der Waals surface area contributed by atoms with Crippen molar-refractivity contribution in [1.29, 1.82) is 0 Å². The van der Waals surface area contributed by atoms with Gasteiger partial charge in [-0.05, 0) is 78.2 Å². The molecule has 0 unspecified atom stereocenters. The lowest BCUT2D eigenvalue weighted by atomic mass is 10.0. The van der Waals surface area contributed by atoms with Gasteiger partial charge in [0.2, 0.25) is 11.8 Å². The summed E-state index contributed by atoms with van der Waals surface area (Å²) in [6.07, 6.45) is 1.74. The molecule has 12 heteroatoms. The van der Waals surface area contributed by atoms with E-state index in [9.17, 15) is 22.4 Å². The summed E-state index contributed by atoms with van der Waals surface area (Å²) < 4.78 is 48.2. The molecule has 4 aromatic carbocycles. The van der Waals surface area contributed by atoms with E-state index in [0.717, 1.165) is 34.8 Å². The lowest BCUT2D eigenvalue weighted by molar-refractivity contribution is -0.140. The van der Waals surface area contributed by atoms with E-state index in [2.05, 4.69) is 5.32 Å². The molecule has 0 bridgehead atoms. The van der Waals surface area contributed by atoms with Crippen LogP contribution in [0.5, 0.6) is 5.75 Å². The fraction of sp³-hybridized carbons (Fsp3) is 0.257. The summed E-state index contributed by atoms with van der Waals surface area (Å²) in [6.45, 7) is 1.59. The number of benzene rings is 4. The van der Waals surface area contributed by atoms with Crippen LogP contribution in [0.4, 0.5) is 10.1 Å². The third-order valence-corrected chi connectivity index (χ3v) is 9.87. The van der Waals surface area contributed by atoms with E-state index in [1.165, 1.54) is 54.5 Å². The summed E-state index contributed by atoms with van der Waals surface area (Å²) in [7, 11) is -2.91. The molecule has 0 spiro atoms. The number of hydrogen-bond donors (Lipinski definition) is 1. The molecule has 4 rings (SSSR count). The van der Waals surface area contributed by atoms with E-state index >= 15 is 0 Å². The number of amides is 2. The Balaban J connectivity index is 1.80. The number of nitrogens with zero attached hydrogens (tertiary/aromatic N) is 2. The Morgan fingerprint density at radius 3 is 2.23 bits per heavy atom. The van der Waals surface area contributed by atoms with Crippen molar-refractivity contribution in [2.45, 2.75) is 43.7 Å². The molecule has 0 aromatic heterocycles. The van der Waals surface area contributed by atoms with E-state index in [1.54, 1.807) is 12.1 Å². The highest BCUT2D eigenvalue weighted by atomic mass is 35.5. The number of ether oxygens (including phenoxy) is 1. The molecule has 0 aliphatic carbocycles. The number of unbranched alkanes of at least 4 members (excludes halogenated alkanes) is 1. The maximum atomic E-state index is 14.5. The third kappa shape index (κ3) is 9.47. The molecular formula is C35H36Cl2FN3O5S. The molecule has 248 valence electrons. The number of nitrogens with one attached hydrogen (secondary N) is 1. The Hall–Kier alpha value is -4.12. The minimum atomic E-state index is -4.37. The summed E-state index contributed by atoms with van der Waals surface area (Å²) in [5, 5.41) is 3.61. The van der Waals surface area contributed by atoms with E-state index in [-0.39, 0.29) is 28.6 Å². The van der Waals surface area contributed by atoms with Crippen molar-refractivity contribution < 1.29 is 27.1 Å². The quantitative estimate of drug-likeness (QED) is 0.136. The van der Waals surface area contributed by atoms with Crippen molar-refractivity contribution in [2.75, 3.05) is 24.5 Å². The van der Waals surface area contributed by atoms with Crippen molar-refractivity contribution >= 4 is 50.7 Å². The Kier molecular flexibility index (Phi) is 12.6. The van der Waals surface area contributed by atoms with Gasteiger partial charge in [-0.2, -0.15) is 0 Å².